The van der Waals surface area contributed by atoms with Gasteiger partial charge in [-0.2, -0.15) is 0 Å². The quantitative estimate of drug-likeness (QED) is 0.499. The molecule has 0 amide bonds. The van der Waals surface area contributed by atoms with Crippen LogP contribution >= 0.6 is 35.6 Å². The molecule has 2 aliphatic heterocycles. The van der Waals surface area contributed by atoms with Gasteiger partial charge in [0.25, 0.3) is 0 Å². The highest BCUT2D eigenvalue weighted by molar-refractivity contribution is 6.42. The highest BCUT2D eigenvalue weighted by Gasteiger charge is 2.31. The van der Waals surface area contributed by atoms with E-state index in [0.29, 0.717) is 46.6 Å². The van der Waals surface area contributed by atoms with Crippen molar-refractivity contribution in [2.75, 3.05) is 51.9 Å². The Morgan fingerprint density at radius 3 is 2.82 bits per heavy atom. The molecule has 11 heteroatoms. The smallest absolute Gasteiger partial charge is 0.163 e. The molecule has 2 atom stereocenters. The van der Waals surface area contributed by atoms with Crippen molar-refractivity contribution in [3.05, 3.63) is 46.7 Å². The number of hydrogen-bond donors (Lipinski definition) is 1. The third kappa shape index (κ3) is 5.43. The van der Waals surface area contributed by atoms with Crippen molar-refractivity contribution >= 4 is 58.0 Å². The Bertz CT molecular complexity index is 1150. The summed E-state index contributed by atoms with van der Waals surface area (Å²) < 4.78 is 23.3. The summed E-state index contributed by atoms with van der Waals surface area (Å²) in [6.07, 6.45) is 1.48. The van der Waals surface area contributed by atoms with Crippen LogP contribution in [0.5, 0.6) is 11.5 Å². The minimum Gasteiger partial charge on any atom is -0.493 e. The SMILES string of the molecule is COc1cc2c(Nc3ccc(Cl)c(Cl)c3)ncnc2cc1OCC1CN2CCOCC2CO1.Cl. The monoisotopic (exact) mass is 526 g/mol. The fraction of sp³-hybridized carbons (Fsp3) is 0.391. The van der Waals surface area contributed by atoms with Crippen LogP contribution in [0.2, 0.25) is 10.0 Å². The number of benzene rings is 2. The second-order valence-corrected chi connectivity index (χ2v) is 8.80. The lowest BCUT2D eigenvalue weighted by Crippen LogP contribution is -2.56. The van der Waals surface area contributed by atoms with Crippen LogP contribution in [0.3, 0.4) is 0 Å². The van der Waals surface area contributed by atoms with E-state index in [1.54, 1.807) is 19.2 Å². The molecule has 0 bridgehead atoms. The van der Waals surface area contributed by atoms with Gasteiger partial charge in [-0.3, -0.25) is 4.90 Å². The number of nitrogens with zero attached hydrogens (tertiary/aromatic N) is 3. The molecule has 2 aliphatic rings. The summed E-state index contributed by atoms with van der Waals surface area (Å²) in [5, 5.41) is 5.01. The standard InChI is InChI=1S/C23H24Cl2N4O4.ClH/c1-30-21-7-17-20(26-13-27-23(17)28-14-2-3-18(24)19(25)6-14)8-22(21)33-12-16-9-29-4-5-31-10-15(29)11-32-16;/h2-3,6-8,13,15-16H,4-5,9-12H2,1H3,(H,26,27,28);1H. The Kier molecular flexibility index (Phi) is 8.18. The van der Waals surface area contributed by atoms with Gasteiger partial charge in [0.2, 0.25) is 0 Å². The van der Waals surface area contributed by atoms with Gasteiger partial charge in [-0.05, 0) is 24.3 Å². The first-order chi connectivity index (χ1) is 16.1. The zero-order chi connectivity index (χ0) is 22.8. The lowest BCUT2D eigenvalue weighted by atomic mass is 10.1. The third-order valence-corrected chi connectivity index (χ3v) is 6.58. The van der Waals surface area contributed by atoms with Crippen molar-refractivity contribution < 1.29 is 18.9 Å². The lowest BCUT2D eigenvalue weighted by Gasteiger charge is -2.41. The molecule has 8 nitrogen and oxygen atoms in total. The molecule has 0 spiro atoms. The summed E-state index contributed by atoms with van der Waals surface area (Å²) in [6, 6.07) is 9.37. The number of methoxy groups -OCH3 is 1. The molecule has 0 aliphatic carbocycles. The van der Waals surface area contributed by atoms with Crippen LogP contribution < -0.4 is 14.8 Å². The summed E-state index contributed by atoms with van der Waals surface area (Å²) in [4.78, 5) is 11.2. The molecule has 1 aromatic heterocycles. The molecule has 34 heavy (non-hydrogen) atoms. The van der Waals surface area contributed by atoms with Crippen LogP contribution in [0.25, 0.3) is 10.9 Å². The van der Waals surface area contributed by atoms with Gasteiger partial charge < -0.3 is 24.3 Å². The fourth-order valence-corrected chi connectivity index (χ4v) is 4.37. The molecule has 1 N–H and O–H groups in total. The van der Waals surface area contributed by atoms with E-state index in [9.17, 15) is 0 Å². The number of morpholine rings is 2. The molecule has 2 aromatic carbocycles. The van der Waals surface area contributed by atoms with Crippen molar-refractivity contribution in [1.29, 1.82) is 0 Å². The van der Waals surface area contributed by atoms with Gasteiger partial charge >= 0.3 is 0 Å². The minimum absolute atomic E-state index is 0. The minimum atomic E-state index is -0.0166. The fourth-order valence-electron chi connectivity index (χ4n) is 4.07. The van der Waals surface area contributed by atoms with Crippen LogP contribution in [0.1, 0.15) is 0 Å². The molecular weight excluding hydrogens is 503 g/mol. The van der Waals surface area contributed by atoms with Crippen molar-refractivity contribution in [3.63, 3.8) is 0 Å². The number of rotatable bonds is 6. The highest BCUT2D eigenvalue weighted by atomic mass is 35.5. The first-order valence-corrected chi connectivity index (χ1v) is 11.5. The molecule has 3 heterocycles. The average molecular weight is 528 g/mol. The van der Waals surface area contributed by atoms with Gasteiger partial charge in [-0.1, -0.05) is 23.2 Å². The maximum absolute atomic E-state index is 6.14. The van der Waals surface area contributed by atoms with E-state index in [4.69, 9.17) is 42.1 Å². The largest absolute Gasteiger partial charge is 0.493 e. The number of halogens is 3. The summed E-state index contributed by atoms with van der Waals surface area (Å²) in [5.74, 6) is 1.82. The second-order valence-electron chi connectivity index (χ2n) is 7.99. The summed E-state index contributed by atoms with van der Waals surface area (Å²) in [7, 11) is 1.61. The molecule has 3 aromatic rings. The Morgan fingerprint density at radius 1 is 1.12 bits per heavy atom. The van der Waals surface area contributed by atoms with Crippen LogP contribution in [-0.2, 0) is 9.47 Å². The van der Waals surface area contributed by atoms with E-state index >= 15 is 0 Å². The van der Waals surface area contributed by atoms with Crippen LogP contribution in [0.15, 0.2) is 36.7 Å². The van der Waals surface area contributed by atoms with E-state index in [1.165, 1.54) is 6.33 Å². The highest BCUT2D eigenvalue weighted by Crippen LogP contribution is 2.35. The van der Waals surface area contributed by atoms with Crippen LogP contribution in [0.4, 0.5) is 11.5 Å². The number of hydrogen-bond acceptors (Lipinski definition) is 8. The van der Waals surface area contributed by atoms with Gasteiger partial charge in [-0.25, -0.2) is 9.97 Å². The summed E-state index contributed by atoms with van der Waals surface area (Å²) in [6.45, 7) is 4.32. The maximum atomic E-state index is 6.14. The summed E-state index contributed by atoms with van der Waals surface area (Å²) >= 11 is 12.2. The molecule has 0 radical (unpaired) electrons. The van der Waals surface area contributed by atoms with Gasteiger partial charge in [0, 0.05) is 30.2 Å². The first-order valence-electron chi connectivity index (χ1n) is 10.7. The zero-order valence-corrected chi connectivity index (χ0v) is 20.8. The van der Waals surface area contributed by atoms with E-state index in [1.807, 2.05) is 18.2 Å². The number of ether oxygens (including phenoxy) is 4. The van der Waals surface area contributed by atoms with Gasteiger partial charge in [0.1, 0.15) is 24.9 Å². The van der Waals surface area contributed by atoms with Gasteiger partial charge in [-0.15, -0.1) is 12.4 Å². The van der Waals surface area contributed by atoms with E-state index < -0.39 is 0 Å². The molecule has 2 saturated heterocycles. The van der Waals surface area contributed by atoms with Crippen molar-refractivity contribution in [3.8, 4) is 11.5 Å². The summed E-state index contributed by atoms with van der Waals surface area (Å²) in [5.41, 5.74) is 1.49. The van der Waals surface area contributed by atoms with E-state index in [-0.39, 0.29) is 18.5 Å². The van der Waals surface area contributed by atoms with Crippen molar-refractivity contribution in [2.45, 2.75) is 12.1 Å². The van der Waals surface area contributed by atoms with Crippen molar-refractivity contribution in [2.24, 2.45) is 0 Å². The molecular formula is C23H25Cl3N4O4. The lowest BCUT2D eigenvalue weighted by molar-refractivity contribution is -0.124. The number of fused-ring (bicyclic) bond motifs is 2. The zero-order valence-electron chi connectivity index (χ0n) is 18.5. The maximum Gasteiger partial charge on any atom is 0.163 e. The van der Waals surface area contributed by atoms with Gasteiger partial charge in [0.05, 0.1) is 48.5 Å². The predicted octanol–water partition coefficient (Wildman–Crippen LogP) is 4.59. The Morgan fingerprint density at radius 2 is 2.00 bits per heavy atom. The number of anilines is 2. The van der Waals surface area contributed by atoms with E-state index in [2.05, 4.69) is 20.2 Å². The Hall–Kier alpha value is -2.07. The van der Waals surface area contributed by atoms with Crippen molar-refractivity contribution in [1.82, 2.24) is 14.9 Å². The Labute approximate surface area is 213 Å². The molecule has 2 unspecified atom stereocenters. The van der Waals surface area contributed by atoms with Crippen LogP contribution in [-0.4, -0.2) is 73.6 Å². The van der Waals surface area contributed by atoms with Gasteiger partial charge in [0.15, 0.2) is 11.5 Å². The van der Waals surface area contributed by atoms with E-state index in [0.717, 1.165) is 42.9 Å². The predicted molar refractivity (Wildman–Crippen MR) is 134 cm³/mol. The first kappa shape index (κ1) is 25.0. The third-order valence-electron chi connectivity index (χ3n) is 5.84. The van der Waals surface area contributed by atoms with Crippen LogP contribution in [0, 0.1) is 0 Å². The number of aromatic nitrogens is 2. The topological polar surface area (TPSA) is 78.0 Å². The normalized spacial score (nSPS) is 20.3. The molecule has 0 saturated carbocycles. The Balaban J connectivity index is 0.00000274. The number of nitrogens with one attached hydrogen (secondary N) is 1. The molecule has 2 fully saturated rings. The molecule has 182 valence electrons. The average Bonchev–Trinajstić information content (AvgIpc) is 2.84. The molecule has 5 rings (SSSR count). The second kappa shape index (κ2) is 11.1.